The van der Waals surface area contributed by atoms with Crippen LogP contribution in [0.4, 0.5) is 10.5 Å². The third-order valence-corrected chi connectivity index (χ3v) is 6.17. The number of carboxylic acids is 1. The van der Waals surface area contributed by atoms with Gasteiger partial charge in [0.1, 0.15) is 12.1 Å². The fraction of sp³-hybridized carbons (Fsp3) is 0.250. The molecule has 3 aromatic rings. The van der Waals surface area contributed by atoms with Crippen LogP contribution in [0.25, 0.3) is 11.1 Å². The summed E-state index contributed by atoms with van der Waals surface area (Å²) in [4.78, 5) is 36.1. The number of alkyl carbamates (subject to hydrolysis) is 1. The molecule has 0 bridgehead atoms. The Kier molecular flexibility index (Phi) is 6.87. The average Bonchev–Trinajstić information content (AvgIpc) is 3.15. The van der Waals surface area contributed by atoms with E-state index >= 15 is 0 Å². The number of anilines is 1. The molecule has 1 aliphatic carbocycles. The summed E-state index contributed by atoms with van der Waals surface area (Å²) >= 11 is 0. The van der Waals surface area contributed by atoms with Crippen molar-refractivity contribution >= 4 is 23.7 Å². The van der Waals surface area contributed by atoms with Crippen molar-refractivity contribution in [3.8, 4) is 11.1 Å². The van der Waals surface area contributed by atoms with Crippen LogP contribution in [0.15, 0.2) is 72.8 Å². The van der Waals surface area contributed by atoms with E-state index in [2.05, 4.69) is 22.8 Å². The molecule has 0 aromatic heterocycles. The minimum atomic E-state index is -1.22. The molecule has 180 valence electrons. The summed E-state index contributed by atoms with van der Waals surface area (Å²) in [6, 6.07) is 23.1. The number of hydrogen-bond acceptors (Lipinski definition) is 4. The Hall–Kier alpha value is -4.13. The van der Waals surface area contributed by atoms with Crippen molar-refractivity contribution in [1.82, 2.24) is 5.32 Å². The highest BCUT2D eigenvalue weighted by atomic mass is 16.5. The third-order valence-electron chi connectivity index (χ3n) is 6.17. The van der Waals surface area contributed by atoms with E-state index < -0.39 is 23.5 Å². The van der Waals surface area contributed by atoms with E-state index in [1.807, 2.05) is 36.4 Å². The Morgan fingerprint density at radius 3 is 2.03 bits per heavy atom. The summed E-state index contributed by atoms with van der Waals surface area (Å²) in [6.07, 6.45) is -0.211. The predicted octanol–water partition coefficient (Wildman–Crippen LogP) is 4.96. The Labute approximate surface area is 204 Å². The Balaban J connectivity index is 1.34. The molecular weight excluding hydrogens is 444 g/mol. The molecule has 7 nitrogen and oxygen atoms in total. The lowest BCUT2D eigenvalue weighted by atomic mass is 9.98. The maximum atomic E-state index is 12.8. The lowest BCUT2D eigenvalue weighted by Gasteiger charge is -2.25. The topological polar surface area (TPSA) is 105 Å². The first-order valence-corrected chi connectivity index (χ1v) is 11.5. The van der Waals surface area contributed by atoms with Crippen LogP contribution in [0.2, 0.25) is 0 Å². The second-order valence-electron chi connectivity index (χ2n) is 9.12. The van der Waals surface area contributed by atoms with Gasteiger partial charge < -0.3 is 20.5 Å². The standard InChI is InChI=1S/C28H28N2O5/c1-28(2,26(33)29-19-14-11-18(12-15-19)13-16-25(31)32)30-27(34)35-17-24-22-9-5-3-7-20(22)21-8-4-6-10-23(21)24/h3-12,14-15,24H,13,16-17H2,1-2H3,(H,29,33)(H,30,34)(H,31,32). The monoisotopic (exact) mass is 472 g/mol. The molecule has 1 aliphatic rings. The van der Waals surface area contributed by atoms with Crippen molar-refractivity contribution < 1.29 is 24.2 Å². The summed E-state index contributed by atoms with van der Waals surface area (Å²) in [5.74, 6) is -1.32. The van der Waals surface area contributed by atoms with Crippen LogP contribution >= 0.6 is 0 Å². The SMILES string of the molecule is CC(C)(NC(=O)OCC1c2ccccc2-c2ccccc21)C(=O)Nc1ccc(CCC(=O)O)cc1. The van der Waals surface area contributed by atoms with Crippen molar-refractivity contribution in [3.05, 3.63) is 89.5 Å². The van der Waals surface area contributed by atoms with Gasteiger partial charge in [0.2, 0.25) is 5.91 Å². The summed E-state index contributed by atoms with van der Waals surface area (Å²) in [6.45, 7) is 3.37. The molecule has 4 rings (SSSR count). The van der Waals surface area contributed by atoms with E-state index in [1.54, 1.807) is 38.1 Å². The van der Waals surface area contributed by atoms with Crippen LogP contribution < -0.4 is 10.6 Å². The fourth-order valence-corrected chi connectivity index (χ4v) is 4.24. The highest BCUT2D eigenvalue weighted by Crippen LogP contribution is 2.44. The van der Waals surface area contributed by atoms with Gasteiger partial charge in [-0.1, -0.05) is 60.7 Å². The van der Waals surface area contributed by atoms with Crippen molar-refractivity contribution in [2.45, 2.75) is 38.1 Å². The lowest BCUT2D eigenvalue weighted by molar-refractivity contribution is -0.137. The van der Waals surface area contributed by atoms with Gasteiger partial charge in [-0.25, -0.2) is 4.79 Å². The molecule has 7 heteroatoms. The van der Waals surface area contributed by atoms with Crippen molar-refractivity contribution in [1.29, 1.82) is 0 Å². The van der Waals surface area contributed by atoms with Gasteiger partial charge in [0.25, 0.3) is 0 Å². The van der Waals surface area contributed by atoms with Gasteiger partial charge in [-0.2, -0.15) is 0 Å². The van der Waals surface area contributed by atoms with Crippen molar-refractivity contribution in [3.63, 3.8) is 0 Å². The van der Waals surface area contributed by atoms with Gasteiger partial charge >= 0.3 is 12.1 Å². The number of aryl methyl sites for hydroxylation is 1. The zero-order valence-corrected chi connectivity index (χ0v) is 19.7. The minimum Gasteiger partial charge on any atom is -0.481 e. The Morgan fingerprint density at radius 2 is 1.46 bits per heavy atom. The Bertz CT molecular complexity index is 1200. The first-order valence-electron chi connectivity index (χ1n) is 11.5. The number of rotatable bonds is 8. The zero-order valence-electron chi connectivity index (χ0n) is 19.7. The third kappa shape index (κ3) is 5.51. The average molecular weight is 473 g/mol. The van der Waals surface area contributed by atoms with Crippen LogP contribution in [-0.4, -0.2) is 35.2 Å². The summed E-state index contributed by atoms with van der Waals surface area (Å²) in [5.41, 5.74) is 4.72. The van der Waals surface area contributed by atoms with E-state index in [0.717, 1.165) is 27.8 Å². The molecule has 0 spiro atoms. The highest BCUT2D eigenvalue weighted by molar-refractivity contribution is 5.99. The molecule has 0 atom stereocenters. The molecule has 0 heterocycles. The number of carboxylic acid groups (broad SMARTS) is 1. The van der Waals surface area contributed by atoms with Crippen LogP contribution in [-0.2, 0) is 20.7 Å². The largest absolute Gasteiger partial charge is 0.481 e. The maximum Gasteiger partial charge on any atom is 0.408 e. The van der Waals surface area contributed by atoms with Crippen molar-refractivity contribution in [2.24, 2.45) is 0 Å². The lowest BCUT2D eigenvalue weighted by Crippen LogP contribution is -2.52. The second kappa shape index (κ2) is 10.0. The van der Waals surface area contributed by atoms with E-state index in [-0.39, 0.29) is 18.9 Å². The number of hydrogen-bond donors (Lipinski definition) is 3. The zero-order chi connectivity index (χ0) is 25.0. The first-order chi connectivity index (χ1) is 16.7. The normalized spacial score (nSPS) is 12.4. The smallest absolute Gasteiger partial charge is 0.408 e. The number of nitrogens with one attached hydrogen (secondary N) is 2. The van der Waals surface area contributed by atoms with Gasteiger partial charge in [-0.05, 0) is 60.2 Å². The molecule has 3 N–H and O–H groups in total. The van der Waals surface area contributed by atoms with Gasteiger partial charge in [0, 0.05) is 18.0 Å². The van der Waals surface area contributed by atoms with Gasteiger partial charge in [-0.15, -0.1) is 0 Å². The summed E-state index contributed by atoms with van der Waals surface area (Å²) in [5, 5.41) is 14.2. The van der Waals surface area contributed by atoms with Crippen LogP contribution in [0.1, 0.15) is 42.9 Å². The molecule has 0 fully saturated rings. The maximum absolute atomic E-state index is 12.8. The molecule has 3 aromatic carbocycles. The molecule has 0 unspecified atom stereocenters. The molecule has 0 saturated heterocycles. The van der Waals surface area contributed by atoms with Crippen molar-refractivity contribution in [2.75, 3.05) is 11.9 Å². The Morgan fingerprint density at radius 1 is 0.886 bits per heavy atom. The molecule has 0 radical (unpaired) electrons. The van der Waals surface area contributed by atoms with Crippen LogP contribution in [0.3, 0.4) is 0 Å². The number of fused-ring (bicyclic) bond motifs is 3. The second-order valence-corrected chi connectivity index (χ2v) is 9.12. The minimum absolute atomic E-state index is 0.0444. The number of ether oxygens (including phenoxy) is 1. The molecule has 0 saturated carbocycles. The van der Waals surface area contributed by atoms with E-state index in [1.165, 1.54) is 0 Å². The predicted molar refractivity (Wildman–Crippen MR) is 133 cm³/mol. The number of amides is 2. The molecule has 35 heavy (non-hydrogen) atoms. The van der Waals surface area contributed by atoms with E-state index in [4.69, 9.17) is 9.84 Å². The van der Waals surface area contributed by atoms with Gasteiger partial charge in [-0.3, -0.25) is 9.59 Å². The quantitative estimate of drug-likeness (QED) is 0.430. The molecule has 2 amide bonds. The number of benzene rings is 3. The fourth-order valence-electron chi connectivity index (χ4n) is 4.24. The highest BCUT2D eigenvalue weighted by Gasteiger charge is 2.32. The molecule has 0 aliphatic heterocycles. The number of carbonyl (C=O) groups excluding carboxylic acids is 2. The van der Waals surface area contributed by atoms with E-state index in [0.29, 0.717) is 12.1 Å². The molecular formula is C28H28N2O5. The summed E-state index contributed by atoms with van der Waals surface area (Å²) in [7, 11) is 0. The van der Waals surface area contributed by atoms with E-state index in [9.17, 15) is 14.4 Å². The summed E-state index contributed by atoms with van der Waals surface area (Å²) < 4.78 is 5.56. The first kappa shape index (κ1) is 24.0. The number of aliphatic carboxylic acids is 1. The number of carbonyl (C=O) groups is 3. The van der Waals surface area contributed by atoms with Crippen LogP contribution in [0, 0.1) is 0 Å². The van der Waals surface area contributed by atoms with Gasteiger partial charge in [0.15, 0.2) is 0 Å². The van der Waals surface area contributed by atoms with Gasteiger partial charge in [0.05, 0.1) is 0 Å². The van der Waals surface area contributed by atoms with Crippen LogP contribution in [0.5, 0.6) is 0 Å².